The Morgan fingerprint density at radius 1 is 1.39 bits per heavy atom. The predicted octanol–water partition coefficient (Wildman–Crippen LogP) is 2.58. The zero-order valence-electron chi connectivity index (χ0n) is 14.2. The molecule has 2 heterocycles. The Balaban J connectivity index is 1.47. The molecule has 1 aliphatic heterocycles. The standard InChI is InChI=1S/C16H25N3O4/c1-16(2,3)22-15(20)19-8-10(9-19)7-12-17-14(18-23-12)13(21-4)11-5-6-11/h10-11,13H,5-9H2,1-4H3. The third kappa shape index (κ3) is 4.02. The normalized spacial score (nSPS) is 20.3. The number of likely N-dealkylation sites (tertiary alicyclic amines) is 1. The number of rotatable bonds is 5. The van der Waals surface area contributed by atoms with Gasteiger partial charge in [-0.1, -0.05) is 5.16 Å². The second kappa shape index (κ2) is 6.11. The molecule has 1 saturated carbocycles. The van der Waals surface area contributed by atoms with Gasteiger partial charge in [0.2, 0.25) is 11.7 Å². The molecule has 0 aromatic carbocycles. The molecule has 0 radical (unpaired) electrons. The van der Waals surface area contributed by atoms with E-state index in [1.54, 1.807) is 12.0 Å². The molecule has 7 heteroatoms. The van der Waals surface area contributed by atoms with Gasteiger partial charge < -0.3 is 18.9 Å². The zero-order valence-corrected chi connectivity index (χ0v) is 14.2. The van der Waals surface area contributed by atoms with Crippen molar-refractivity contribution in [2.75, 3.05) is 20.2 Å². The van der Waals surface area contributed by atoms with Gasteiger partial charge in [-0.25, -0.2) is 4.79 Å². The van der Waals surface area contributed by atoms with Crippen LogP contribution < -0.4 is 0 Å². The summed E-state index contributed by atoms with van der Waals surface area (Å²) < 4.78 is 16.1. The van der Waals surface area contributed by atoms with Crippen LogP contribution in [0.2, 0.25) is 0 Å². The molecule has 0 N–H and O–H groups in total. The van der Waals surface area contributed by atoms with Gasteiger partial charge in [0.15, 0.2) is 0 Å². The largest absolute Gasteiger partial charge is 0.444 e. The summed E-state index contributed by atoms with van der Waals surface area (Å²) in [4.78, 5) is 18.0. The molecule has 1 aliphatic carbocycles. The van der Waals surface area contributed by atoms with Crippen LogP contribution in [0.25, 0.3) is 0 Å². The number of hydrogen-bond donors (Lipinski definition) is 0. The molecular weight excluding hydrogens is 298 g/mol. The second-order valence-corrected chi connectivity index (χ2v) is 7.50. The molecule has 7 nitrogen and oxygen atoms in total. The van der Waals surface area contributed by atoms with E-state index in [-0.39, 0.29) is 12.2 Å². The summed E-state index contributed by atoms with van der Waals surface area (Å²) in [7, 11) is 1.68. The highest BCUT2D eigenvalue weighted by Crippen LogP contribution is 2.42. The Morgan fingerprint density at radius 3 is 2.65 bits per heavy atom. The van der Waals surface area contributed by atoms with Crippen LogP contribution in [0.4, 0.5) is 4.79 Å². The molecule has 2 fully saturated rings. The molecule has 3 rings (SSSR count). The van der Waals surface area contributed by atoms with Gasteiger partial charge in [-0.15, -0.1) is 0 Å². The highest BCUT2D eigenvalue weighted by atomic mass is 16.6. The van der Waals surface area contributed by atoms with Gasteiger partial charge in [0.05, 0.1) is 0 Å². The smallest absolute Gasteiger partial charge is 0.410 e. The van der Waals surface area contributed by atoms with Gasteiger partial charge in [-0.05, 0) is 39.5 Å². The monoisotopic (exact) mass is 323 g/mol. The van der Waals surface area contributed by atoms with Gasteiger partial charge in [0.1, 0.15) is 11.7 Å². The fraction of sp³-hybridized carbons (Fsp3) is 0.812. The first kappa shape index (κ1) is 16.2. The van der Waals surface area contributed by atoms with Crippen molar-refractivity contribution >= 4 is 6.09 Å². The molecule has 1 amide bonds. The summed E-state index contributed by atoms with van der Waals surface area (Å²) in [6.45, 7) is 6.95. The number of carbonyl (C=O) groups is 1. The first-order valence-corrected chi connectivity index (χ1v) is 8.19. The lowest BCUT2D eigenvalue weighted by atomic mass is 9.97. The Labute approximate surface area is 136 Å². The van der Waals surface area contributed by atoms with E-state index in [0.717, 1.165) is 12.8 Å². The summed E-state index contributed by atoms with van der Waals surface area (Å²) in [5.41, 5.74) is -0.457. The Hall–Kier alpha value is -1.63. The summed E-state index contributed by atoms with van der Waals surface area (Å²) in [5.74, 6) is 2.14. The van der Waals surface area contributed by atoms with E-state index < -0.39 is 5.60 Å². The number of hydrogen-bond acceptors (Lipinski definition) is 6. The maximum Gasteiger partial charge on any atom is 0.410 e. The summed E-state index contributed by atoms with van der Waals surface area (Å²) in [6, 6.07) is 0. The van der Waals surface area contributed by atoms with Crippen molar-refractivity contribution in [1.29, 1.82) is 0 Å². The lowest BCUT2D eigenvalue weighted by Crippen LogP contribution is -2.52. The summed E-state index contributed by atoms with van der Waals surface area (Å²) in [6.07, 6.45) is 2.71. The van der Waals surface area contributed by atoms with E-state index in [9.17, 15) is 4.79 Å². The first-order chi connectivity index (χ1) is 10.9. The minimum absolute atomic E-state index is 0.0489. The first-order valence-electron chi connectivity index (χ1n) is 8.19. The van der Waals surface area contributed by atoms with E-state index >= 15 is 0 Å². The third-order valence-electron chi connectivity index (χ3n) is 4.11. The molecule has 23 heavy (non-hydrogen) atoms. The highest BCUT2D eigenvalue weighted by Gasteiger charge is 2.37. The molecule has 2 aliphatic rings. The van der Waals surface area contributed by atoms with E-state index in [2.05, 4.69) is 10.1 Å². The van der Waals surface area contributed by atoms with Crippen molar-refractivity contribution < 1.29 is 18.8 Å². The zero-order chi connectivity index (χ0) is 16.6. The molecule has 1 saturated heterocycles. The number of aromatic nitrogens is 2. The molecule has 1 aromatic heterocycles. The van der Waals surface area contributed by atoms with Crippen LogP contribution in [0.15, 0.2) is 4.52 Å². The average molecular weight is 323 g/mol. The summed E-state index contributed by atoms with van der Waals surface area (Å²) in [5, 5.41) is 4.05. The van der Waals surface area contributed by atoms with Crippen molar-refractivity contribution in [3.8, 4) is 0 Å². The topological polar surface area (TPSA) is 77.7 Å². The number of nitrogens with zero attached hydrogens (tertiary/aromatic N) is 3. The number of carbonyl (C=O) groups excluding carboxylic acids is 1. The third-order valence-corrected chi connectivity index (χ3v) is 4.11. The van der Waals surface area contributed by atoms with Crippen molar-refractivity contribution in [1.82, 2.24) is 15.0 Å². The van der Waals surface area contributed by atoms with Crippen LogP contribution in [-0.2, 0) is 15.9 Å². The molecule has 0 spiro atoms. The number of amides is 1. The fourth-order valence-corrected chi connectivity index (χ4v) is 2.80. The quantitative estimate of drug-likeness (QED) is 0.829. The molecule has 1 unspecified atom stereocenters. The van der Waals surface area contributed by atoms with E-state index in [1.165, 1.54) is 0 Å². The van der Waals surface area contributed by atoms with Crippen molar-refractivity contribution in [3.05, 3.63) is 11.7 Å². The lowest BCUT2D eigenvalue weighted by Gasteiger charge is -2.39. The van der Waals surface area contributed by atoms with E-state index in [1.807, 2.05) is 20.8 Å². The van der Waals surface area contributed by atoms with Gasteiger partial charge in [-0.2, -0.15) is 4.98 Å². The predicted molar refractivity (Wildman–Crippen MR) is 81.8 cm³/mol. The van der Waals surface area contributed by atoms with E-state index in [4.69, 9.17) is 14.0 Å². The highest BCUT2D eigenvalue weighted by molar-refractivity contribution is 5.69. The fourth-order valence-electron chi connectivity index (χ4n) is 2.80. The Kier molecular flexibility index (Phi) is 4.31. The Bertz CT molecular complexity index is 556. The second-order valence-electron chi connectivity index (χ2n) is 7.50. The molecule has 128 valence electrons. The van der Waals surface area contributed by atoms with Gasteiger partial charge in [0, 0.05) is 32.5 Å². The van der Waals surface area contributed by atoms with Crippen LogP contribution in [-0.4, -0.2) is 46.9 Å². The molecule has 1 atom stereocenters. The van der Waals surface area contributed by atoms with Crippen molar-refractivity contribution in [3.63, 3.8) is 0 Å². The summed E-state index contributed by atoms with van der Waals surface area (Å²) >= 11 is 0. The minimum atomic E-state index is -0.457. The van der Waals surface area contributed by atoms with Crippen LogP contribution in [0.5, 0.6) is 0 Å². The van der Waals surface area contributed by atoms with Crippen molar-refractivity contribution in [2.45, 2.75) is 51.7 Å². The Morgan fingerprint density at radius 2 is 2.09 bits per heavy atom. The van der Waals surface area contributed by atoms with Crippen LogP contribution in [0.1, 0.15) is 51.4 Å². The SMILES string of the molecule is COC(c1noc(CC2CN(C(=O)OC(C)(C)C)C2)n1)C1CC1. The van der Waals surface area contributed by atoms with Gasteiger partial charge >= 0.3 is 6.09 Å². The minimum Gasteiger partial charge on any atom is -0.444 e. The van der Waals surface area contributed by atoms with Gasteiger partial charge in [0.25, 0.3) is 0 Å². The molecule has 1 aromatic rings. The van der Waals surface area contributed by atoms with Crippen molar-refractivity contribution in [2.24, 2.45) is 11.8 Å². The lowest BCUT2D eigenvalue weighted by molar-refractivity contribution is -0.00187. The number of ether oxygens (including phenoxy) is 2. The number of methoxy groups -OCH3 is 1. The van der Waals surface area contributed by atoms with Crippen LogP contribution in [0, 0.1) is 11.8 Å². The molecular formula is C16H25N3O4. The van der Waals surface area contributed by atoms with Crippen LogP contribution >= 0.6 is 0 Å². The average Bonchev–Trinajstić information content (AvgIpc) is 3.11. The maximum atomic E-state index is 11.9. The van der Waals surface area contributed by atoms with Gasteiger partial charge in [-0.3, -0.25) is 0 Å². The van der Waals surface area contributed by atoms with E-state index in [0.29, 0.717) is 43.1 Å². The molecule has 0 bridgehead atoms. The maximum absolute atomic E-state index is 11.9. The van der Waals surface area contributed by atoms with Crippen LogP contribution in [0.3, 0.4) is 0 Å².